The number of fused-ring (bicyclic) bond motifs is 7. The summed E-state index contributed by atoms with van der Waals surface area (Å²) in [5.74, 6) is 2.97. The van der Waals surface area contributed by atoms with Crippen LogP contribution in [0.3, 0.4) is 0 Å². The maximum atomic E-state index is 12.1. The fraction of sp³-hybridized carbons (Fsp3) is 0.780. The smallest absolute Gasteiger partial charge is 0.337 e. The first-order valence-electron chi connectivity index (χ1n) is 19.3. The van der Waals surface area contributed by atoms with Crippen molar-refractivity contribution in [1.29, 1.82) is 0 Å². The molecule has 1 aliphatic heterocycles. The Bertz CT molecular complexity index is 1560. The average Bonchev–Trinajstić information content (AvgIpc) is 3.44. The summed E-state index contributed by atoms with van der Waals surface area (Å²) in [5, 5.41) is 14.9. The number of nitrogens with zero attached hydrogens (tertiary/aromatic N) is 1. The van der Waals surface area contributed by atoms with E-state index in [1.165, 1.54) is 56.8 Å². The molecule has 0 bridgehead atoms. The molecule has 272 valence electrons. The lowest BCUT2D eigenvalue weighted by molar-refractivity contribution is -0.221. The Morgan fingerprint density at radius 2 is 1.63 bits per heavy atom. The van der Waals surface area contributed by atoms with Gasteiger partial charge in [0, 0.05) is 38.3 Å². The summed E-state index contributed by atoms with van der Waals surface area (Å²) in [6, 6.07) is 8.04. The summed E-state index contributed by atoms with van der Waals surface area (Å²) in [6.45, 7) is 16.3. The normalized spacial score (nSPS) is 42.6. The summed E-state index contributed by atoms with van der Waals surface area (Å²) in [7, 11) is -1.43. The molecule has 0 unspecified atom stereocenters. The van der Waals surface area contributed by atoms with Gasteiger partial charge in [-0.15, -0.1) is 0 Å². The van der Waals surface area contributed by atoms with Crippen molar-refractivity contribution >= 4 is 21.4 Å². The molecule has 0 radical (unpaired) electrons. The van der Waals surface area contributed by atoms with Gasteiger partial charge in [0.25, 0.3) is 0 Å². The molecule has 1 heterocycles. The van der Waals surface area contributed by atoms with Crippen molar-refractivity contribution < 1.29 is 23.1 Å². The highest BCUT2D eigenvalue weighted by atomic mass is 32.2. The van der Waals surface area contributed by atoms with Gasteiger partial charge in [0.15, 0.2) is 9.84 Å². The molecular weight excluding hydrogens is 633 g/mol. The van der Waals surface area contributed by atoms with Crippen molar-refractivity contribution in [3.8, 4) is 0 Å². The second-order valence-corrected chi connectivity index (χ2v) is 20.7. The second kappa shape index (κ2) is 12.4. The van der Waals surface area contributed by atoms with Crippen molar-refractivity contribution in [3.63, 3.8) is 0 Å². The van der Waals surface area contributed by atoms with Gasteiger partial charge in [-0.1, -0.05) is 52.8 Å². The SMILES string of the molecule is COC(=O)c1ccc(C2=CC[C@]3(C)[C@H]4CC[C@@H]5[C@H]6[C@H](CO)CC[C@]6(NCCN6CCS(=O)(=O)CC6)CC[C@@]5(C)[C@]4(C)CC[C@H]3C2(C)C)cc1. The van der Waals surface area contributed by atoms with Gasteiger partial charge in [-0.25, -0.2) is 13.2 Å². The van der Waals surface area contributed by atoms with Crippen molar-refractivity contribution in [2.75, 3.05) is 51.4 Å². The molecule has 0 amide bonds. The number of allylic oxidation sites excluding steroid dienone is 2. The molecule has 9 atom stereocenters. The summed E-state index contributed by atoms with van der Waals surface area (Å²) < 4.78 is 28.9. The molecule has 7 rings (SSSR count). The highest BCUT2D eigenvalue weighted by molar-refractivity contribution is 7.91. The van der Waals surface area contributed by atoms with Crippen LogP contribution in [0.4, 0.5) is 0 Å². The molecule has 2 N–H and O–H groups in total. The number of hydrogen-bond acceptors (Lipinski definition) is 7. The average molecular weight is 695 g/mol. The minimum atomic E-state index is -2.87. The largest absolute Gasteiger partial charge is 0.465 e. The minimum absolute atomic E-state index is 0.0243. The number of methoxy groups -OCH3 is 1. The molecule has 1 saturated heterocycles. The lowest BCUT2D eigenvalue weighted by Crippen LogP contribution is -2.68. The van der Waals surface area contributed by atoms with Gasteiger partial charge in [-0.2, -0.15) is 0 Å². The van der Waals surface area contributed by atoms with Gasteiger partial charge < -0.3 is 20.1 Å². The Balaban J connectivity index is 1.13. The number of hydrogen-bond donors (Lipinski definition) is 2. The van der Waals surface area contributed by atoms with E-state index in [9.17, 15) is 18.3 Å². The Hall–Kier alpha value is -1.74. The molecule has 5 aliphatic carbocycles. The first-order valence-corrected chi connectivity index (χ1v) is 21.1. The van der Waals surface area contributed by atoms with Crippen LogP contribution in [0.1, 0.15) is 108 Å². The van der Waals surface area contributed by atoms with E-state index in [-0.39, 0.29) is 51.3 Å². The van der Waals surface area contributed by atoms with E-state index in [1.807, 2.05) is 12.1 Å². The van der Waals surface area contributed by atoms with Gasteiger partial charge in [-0.05, 0) is 132 Å². The number of carbonyl (C=O) groups excluding carboxylic acids is 1. The third kappa shape index (κ3) is 5.51. The molecule has 1 aromatic rings. The number of ether oxygens (including phenoxy) is 1. The van der Waals surface area contributed by atoms with Gasteiger partial charge in [0.2, 0.25) is 0 Å². The van der Waals surface area contributed by atoms with Gasteiger partial charge in [0.1, 0.15) is 0 Å². The van der Waals surface area contributed by atoms with E-state index >= 15 is 0 Å². The fourth-order valence-corrected chi connectivity index (χ4v) is 15.0. The third-order valence-corrected chi connectivity index (χ3v) is 17.9. The maximum absolute atomic E-state index is 12.1. The van der Waals surface area contributed by atoms with Crippen LogP contribution in [0.5, 0.6) is 0 Å². The summed E-state index contributed by atoms with van der Waals surface area (Å²) in [5.41, 5.74) is 4.05. The molecule has 5 fully saturated rings. The van der Waals surface area contributed by atoms with Crippen LogP contribution < -0.4 is 5.32 Å². The number of carbonyl (C=O) groups is 1. The lowest BCUT2D eigenvalue weighted by Gasteiger charge is -2.72. The van der Waals surface area contributed by atoms with E-state index in [0.717, 1.165) is 32.4 Å². The first-order chi connectivity index (χ1) is 23.1. The van der Waals surface area contributed by atoms with Gasteiger partial charge in [0.05, 0.1) is 24.2 Å². The number of sulfone groups is 1. The standard InChI is InChI=1S/C41H62N2O5S/c1-37(2)31(28-7-9-29(10-8-28)36(45)48-6)14-16-38(3)33(37)15-17-40(5)34(38)12-11-32-35-30(27-44)13-18-41(35,20-19-39(32,40)4)42-21-22-43-23-25-49(46,47)26-24-43/h7-10,14,30,32-35,42,44H,11-13,15-27H2,1-6H3/t30-,32+,33-,34+,35+,38-,39+,40+,41-/m0/s1. The van der Waals surface area contributed by atoms with Crippen LogP contribution in [0, 0.1) is 51.2 Å². The van der Waals surface area contributed by atoms with Crippen molar-refractivity contribution in [2.24, 2.45) is 51.2 Å². The van der Waals surface area contributed by atoms with E-state index in [4.69, 9.17) is 4.74 Å². The highest BCUT2D eigenvalue weighted by Gasteiger charge is 2.70. The lowest BCUT2D eigenvalue weighted by atomic mass is 9.33. The van der Waals surface area contributed by atoms with E-state index in [1.54, 1.807) is 0 Å². The molecule has 6 aliphatic rings. The minimum Gasteiger partial charge on any atom is -0.465 e. The molecule has 7 nitrogen and oxygen atoms in total. The summed E-state index contributed by atoms with van der Waals surface area (Å²) in [6.07, 6.45) is 13.3. The van der Waals surface area contributed by atoms with Crippen LogP contribution in [-0.4, -0.2) is 81.3 Å². The highest BCUT2D eigenvalue weighted by Crippen LogP contribution is 2.76. The number of esters is 1. The third-order valence-electron chi connectivity index (χ3n) is 16.3. The molecule has 8 heteroatoms. The monoisotopic (exact) mass is 694 g/mol. The summed E-state index contributed by atoms with van der Waals surface area (Å²) in [4.78, 5) is 14.4. The van der Waals surface area contributed by atoms with Crippen molar-refractivity contribution in [1.82, 2.24) is 10.2 Å². The number of aliphatic hydroxyl groups excluding tert-OH is 1. The number of nitrogens with one attached hydrogen (secondary N) is 1. The maximum Gasteiger partial charge on any atom is 0.337 e. The number of rotatable bonds is 7. The van der Waals surface area contributed by atoms with Crippen molar-refractivity contribution in [2.45, 2.75) is 97.9 Å². The number of benzene rings is 1. The first kappa shape index (κ1) is 35.7. The van der Waals surface area contributed by atoms with Gasteiger partial charge in [-0.3, -0.25) is 0 Å². The van der Waals surface area contributed by atoms with Gasteiger partial charge >= 0.3 is 5.97 Å². The van der Waals surface area contributed by atoms with Crippen LogP contribution in [0.2, 0.25) is 0 Å². The molecule has 0 spiro atoms. The zero-order chi connectivity index (χ0) is 35.0. The van der Waals surface area contributed by atoms with E-state index in [0.29, 0.717) is 48.2 Å². The van der Waals surface area contributed by atoms with Crippen LogP contribution in [0.25, 0.3) is 5.57 Å². The second-order valence-electron chi connectivity index (χ2n) is 18.4. The Kier molecular flexibility index (Phi) is 9.06. The predicted molar refractivity (Wildman–Crippen MR) is 196 cm³/mol. The van der Waals surface area contributed by atoms with Crippen LogP contribution >= 0.6 is 0 Å². The molecule has 0 aromatic heterocycles. The fourth-order valence-electron chi connectivity index (χ4n) is 13.7. The zero-order valence-corrected chi connectivity index (χ0v) is 31.8. The predicted octanol–water partition coefficient (Wildman–Crippen LogP) is 6.61. The topological polar surface area (TPSA) is 95.9 Å². The molecular formula is C41H62N2O5S. The molecule has 1 aromatic carbocycles. The quantitative estimate of drug-likeness (QED) is 0.310. The van der Waals surface area contributed by atoms with Crippen LogP contribution in [0.15, 0.2) is 30.3 Å². The summed E-state index contributed by atoms with van der Waals surface area (Å²) >= 11 is 0. The molecule has 4 saturated carbocycles. The van der Waals surface area contributed by atoms with Crippen molar-refractivity contribution in [3.05, 3.63) is 41.5 Å². The Morgan fingerprint density at radius 1 is 0.918 bits per heavy atom. The number of aliphatic hydroxyl groups is 1. The Morgan fingerprint density at radius 3 is 2.31 bits per heavy atom. The molecule has 49 heavy (non-hydrogen) atoms. The Labute approximate surface area is 295 Å². The van der Waals surface area contributed by atoms with E-state index in [2.05, 4.69) is 63.0 Å². The zero-order valence-electron chi connectivity index (χ0n) is 31.0. The van der Waals surface area contributed by atoms with Crippen LogP contribution in [-0.2, 0) is 14.6 Å². The van der Waals surface area contributed by atoms with E-state index < -0.39 is 9.84 Å².